The second-order valence-corrected chi connectivity index (χ2v) is 5.11. The molecule has 0 aliphatic heterocycles. The molecule has 0 unspecified atom stereocenters. The molecule has 2 rings (SSSR count). The van der Waals surface area contributed by atoms with E-state index in [1.165, 1.54) is 23.3 Å². The summed E-state index contributed by atoms with van der Waals surface area (Å²) in [6.07, 6.45) is 4.10. The molecule has 0 radical (unpaired) electrons. The normalized spacial score (nSPS) is 11.1. The van der Waals surface area contributed by atoms with Crippen LogP contribution < -0.4 is 4.74 Å². The summed E-state index contributed by atoms with van der Waals surface area (Å²) in [5, 5.41) is 4.72. The molecule has 0 aliphatic rings. The Morgan fingerprint density at radius 1 is 1.41 bits per heavy atom. The van der Waals surface area contributed by atoms with Crippen LogP contribution in [0.5, 0.6) is 5.75 Å². The fourth-order valence-electron chi connectivity index (χ4n) is 1.69. The van der Waals surface area contributed by atoms with Crippen molar-refractivity contribution in [3.63, 3.8) is 0 Å². The molecule has 0 N–H and O–H groups in total. The van der Waals surface area contributed by atoms with E-state index in [1.54, 1.807) is 39.2 Å². The Morgan fingerprint density at radius 3 is 2.82 bits per heavy atom. The van der Waals surface area contributed by atoms with Crippen LogP contribution in [-0.4, -0.2) is 33.9 Å². The van der Waals surface area contributed by atoms with Gasteiger partial charge in [0, 0.05) is 17.8 Å². The Bertz CT molecular complexity index is 695. The molecule has 116 valence electrons. The van der Waals surface area contributed by atoms with Crippen LogP contribution in [0.2, 0.25) is 5.02 Å². The number of rotatable bonds is 5. The van der Waals surface area contributed by atoms with Crippen molar-refractivity contribution >= 4 is 23.8 Å². The first-order valence-corrected chi connectivity index (χ1v) is 7.01. The second-order valence-electron chi connectivity index (χ2n) is 4.70. The minimum atomic E-state index is -0.431. The number of halogens is 1. The van der Waals surface area contributed by atoms with E-state index in [0.717, 1.165) is 5.56 Å². The molecule has 2 aromatic rings. The first-order chi connectivity index (χ1) is 10.5. The lowest BCUT2D eigenvalue weighted by molar-refractivity contribution is -0.141. The van der Waals surface area contributed by atoms with Gasteiger partial charge >= 0.3 is 5.97 Å². The molecule has 1 aromatic heterocycles. The highest BCUT2D eigenvalue weighted by Crippen LogP contribution is 2.28. The summed E-state index contributed by atoms with van der Waals surface area (Å²) in [5.74, 6) is 0.646. The zero-order valence-electron chi connectivity index (χ0n) is 12.5. The number of hydrogen-bond acceptors (Lipinski definition) is 5. The van der Waals surface area contributed by atoms with Gasteiger partial charge in [-0.3, -0.25) is 0 Å². The van der Waals surface area contributed by atoms with Gasteiger partial charge in [-0.2, -0.15) is 0 Å². The minimum Gasteiger partial charge on any atom is -0.495 e. The Labute approximate surface area is 133 Å². The van der Waals surface area contributed by atoms with Crippen molar-refractivity contribution in [1.29, 1.82) is 0 Å². The van der Waals surface area contributed by atoms with E-state index in [-0.39, 0.29) is 6.10 Å². The number of nitrogens with zero attached hydrogens (tertiary/aromatic N) is 3. The third-order valence-electron chi connectivity index (χ3n) is 2.63. The fraction of sp³-hybridized carbons (Fsp3) is 0.267. The lowest BCUT2D eigenvalue weighted by atomic mass is 10.2. The zero-order valence-corrected chi connectivity index (χ0v) is 13.2. The van der Waals surface area contributed by atoms with Crippen molar-refractivity contribution in [3.8, 4) is 17.1 Å². The molecule has 22 heavy (non-hydrogen) atoms. The number of methoxy groups -OCH3 is 1. The Kier molecular flexibility index (Phi) is 5.16. The largest absolute Gasteiger partial charge is 0.495 e. The van der Waals surface area contributed by atoms with Gasteiger partial charge in [0.15, 0.2) is 5.82 Å². The Balaban J connectivity index is 2.13. The summed E-state index contributed by atoms with van der Waals surface area (Å²) in [6.45, 7) is 3.57. The highest BCUT2D eigenvalue weighted by Gasteiger charge is 2.07. The molecular weight excluding hydrogens is 306 g/mol. The molecule has 0 saturated heterocycles. The summed E-state index contributed by atoms with van der Waals surface area (Å²) >= 11 is 6.07. The van der Waals surface area contributed by atoms with E-state index in [0.29, 0.717) is 16.6 Å². The van der Waals surface area contributed by atoms with Gasteiger partial charge < -0.3 is 9.47 Å². The lowest BCUT2D eigenvalue weighted by Gasteiger charge is -2.03. The van der Waals surface area contributed by atoms with Gasteiger partial charge in [0.25, 0.3) is 0 Å². The third-order valence-corrected chi connectivity index (χ3v) is 2.93. The summed E-state index contributed by atoms with van der Waals surface area (Å²) < 4.78 is 11.5. The highest BCUT2D eigenvalue weighted by atomic mass is 35.5. The van der Waals surface area contributed by atoms with Crippen LogP contribution in [-0.2, 0) is 9.53 Å². The molecule has 6 nitrogen and oxygen atoms in total. The number of esters is 1. The van der Waals surface area contributed by atoms with E-state index in [4.69, 9.17) is 21.1 Å². The zero-order chi connectivity index (χ0) is 16.1. The van der Waals surface area contributed by atoms with Crippen LogP contribution in [0.1, 0.15) is 13.8 Å². The van der Waals surface area contributed by atoms with Crippen LogP contribution >= 0.6 is 11.6 Å². The Morgan fingerprint density at radius 2 is 2.18 bits per heavy atom. The fourth-order valence-corrected chi connectivity index (χ4v) is 1.95. The minimum absolute atomic E-state index is 0.162. The third kappa shape index (κ3) is 4.08. The topological polar surface area (TPSA) is 66.2 Å². The summed E-state index contributed by atoms with van der Waals surface area (Å²) in [5.41, 5.74) is 0.753. The molecule has 1 aromatic carbocycles. The molecule has 0 fully saturated rings. The number of ether oxygens (including phenoxy) is 2. The molecular formula is C15H16ClN3O3. The van der Waals surface area contributed by atoms with Gasteiger partial charge in [-0.05, 0) is 32.0 Å². The van der Waals surface area contributed by atoms with Crippen LogP contribution in [0.4, 0.5) is 0 Å². The van der Waals surface area contributed by atoms with Gasteiger partial charge in [0.1, 0.15) is 12.1 Å². The molecule has 0 spiro atoms. The van der Waals surface area contributed by atoms with Gasteiger partial charge in [0.05, 0.1) is 18.2 Å². The average Bonchev–Trinajstić information content (AvgIpc) is 2.93. The number of aromatic nitrogens is 3. The SMILES string of the molecule is COc1ccc(-c2ncn(C=CC(=O)OC(C)C)n2)cc1Cl. The first-order valence-electron chi connectivity index (χ1n) is 6.63. The maximum atomic E-state index is 11.4. The van der Waals surface area contributed by atoms with Gasteiger partial charge in [-0.15, -0.1) is 5.10 Å². The van der Waals surface area contributed by atoms with Crippen LogP contribution in [0.25, 0.3) is 17.6 Å². The van der Waals surface area contributed by atoms with Crippen molar-refractivity contribution in [2.45, 2.75) is 20.0 Å². The Hall–Kier alpha value is -2.34. The van der Waals surface area contributed by atoms with Crippen molar-refractivity contribution < 1.29 is 14.3 Å². The monoisotopic (exact) mass is 321 g/mol. The summed E-state index contributed by atoms with van der Waals surface area (Å²) in [7, 11) is 1.55. The lowest BCUT2D eigenvalue weighted by Crippen LogP contribution is -2.08. The molecule has 0 bridgehead atoms. The van der Waals surface area contributed by atoms with Crippen LogP contribution in [0.3, 0.4) is 0 Å². The number of hydrogen-bond donors (Lipinski definition) is 0. The average molecular weight is 322 g/mol. The molecule has 0 aliphatic carbocycles. The predicted octanol–water partition coefficient (Wildman–Crippen LogP) is 3.03. The number of carbonyl (C=O) groups excluding carboxylic acids is 1. The quantitative estimate of drug-likeness (QED) is 0.625. The van der Waals surface area contributed by atoms with E-state index >= 15 is 0 Å². The molecule has 0 saturated carbocycles. The van der Waals surface area contributed by atoms with Crippen LogP contribution in [0, 0.1) is 0 Å². The summed E-state index contributed by atoms with van der Waals surface area (Å²) in [6, 6.07) is 5.27. The smallest absolute Gasteiger partial charge is 0.332 e. The van der Waals surface area contributed by atoms with E-state index in [2.05, 4.69) is 10.1 Å². The van der Waals surface area contributed by atoms with Crippen molar-refractivity contribution in [2.24, 2.45) is 0 Å². The van der Waals surface area contributed by atoms with E-state index in [9.17, 15) is 4.79 Å². The van der Waals surface area contributed by atoms with Gasteiger partial charge in [0.2, 0.25) is 0 Å². The number of carbonyl (C=O) groups is 1. The molecule has 1 heterocycles. The first kappa shape index (κ1) is 16.0. The molecule has 0 atom stereocenters. The maximum absolute atomic E-state index is 11.4. The van der Waals surface area contributed by atoms with Crippen LogP contribution in [0.15, 0.2) is 30.6 Å². The van der Waals surface area contributed by atoms with Crippen molar-refractivity contribution in [3.05, 3.63) is 35.6 Å². The van der Waals surface area contributed by atoms with Crippen molar-refractivity contribution in [2.75, 3.05) is 7.11 Å². The molecule has 7 heteroatoms. The van der Waals surface area contributed by atoms with Gasteiger partial charge in [-0.1, -0.05) is 11.6 Å². The van der Waals surface area contributed by atoms with Crippen molar-refractivity contribution in [1.82, 2.24) is 14.8 Å². The maximum Gasteiger partial charge on any atom is 0.332 e. The van der Waals surface area contributed by atoms with E-state index in [1.807, 2.05) is 0 Å². The molecule has 0 amide bonds. The summed E-state index contributed by atoms with van der Waals surface area (Å²) in [4.78, 5) is 15.6. The number of benzene rings is 1. The van der Waals surface area contributed by atoms with Gasteiger partial charge in [-0.25, -0.2) is 14.5 Å². The standard InChI is InChI=1S/C15H16ClN3O3/c1-10(2)22-14(20)6-7-19-9-17-15(18-19)11-4-5-13(21-3)12(16)8-11/h4-10H,1-3H3. The second kappa shape index (κ2) is 7.09. The van der Waals surface area contributed by atoms with E-state index < -0.39 is 5.97 Å². The predicted molar refractivity (Wildman–Crippen MR) is 83.6 cm³/mol. The highest BCUT2D eigenvalue weighted by molar-refractivity contribution is 6.32.